The highest BCUT2D eigenvalue weighted by Crippen LogP contribution is 2.41. The van der Waals surface area contributed by atoms with Gasteiger partial charge in [-0.3, -0.25) is 0 Å². The summed E-state index contributed by atoms with van der Waals surface area (Å²) in [5, 5.41) is 7.72. The molecule has 0 saturated heterocycles. The van der Waals surface area contributed by atoms with Crippen molar-refractivity contribution in [2.75, 3.05) is 0 Å². The minimum Gasteiger partial charge on any atom is -0.208 e. The Labute approximate surface area is 299 Å². The van der Waals surface area contributed by atoms with E-state index in [0.717, 1.165) is 22.3 Å². The van der Waals surface area contributed by atoms with E-state index in [1.165, 1.54) is 58.4 Å². The molecule has 0 aliphatic rings. The highest BCUT2D eigenvalue weighted by atomic mass is 32.1. The Balaban J connectivity index is 1.01. The van der Waals surface area contributed by atoms with Crippen LogP contribution in [-0.2, 0) is 0 Å². The molecule has 0 saturated carbocycles. The normalized spacial score (nSPS) is 11.5. The molecule has 238 valence electrons. The minimum absolute atomic E-state index is 0.657. The lowest BCUT2D eigenvalue weighted by atomic mass is 9.92. The first-order valence-corrected chi connectivity index (χ1v) is 17.9. The van der Waals surface area contributed by atoms with Crippen LogP contribution in [0.3, 0.4) is 0 Å². The van der Waals surface area contributed by atoms with Gasteiger partial charge in [-0.25, -0.2) is 15.0 Å². The Kier molecular flexibility index (Phi) is 7.00. The molecule has 0 atom stereocenters. The third-order valence-electron chi connectivity index (χ3n) is 9.73. The molecule has 51 heavy (non-hydrogen) atoms. The van der Waals surface area contributed by atoms with Crippen molar-refractivity contribution >= 4 is 53.1 Å². The third kappa shape index (κ3) is 5.25. The van der Waals surface area contributed by atoms with E-state index in [4.69, 9.17) is 15.0 Å². The summed E-state index contributed by atoms with van der Waals surface area (Å²) in [6.45, 7) is 0. The van der Waals surface area contributed by atoms with Gasteiger partial charge in [0.05, 0.1) is 0 Å². The molecule has 0 amide bonds. The Morgan fingerprint density at radius 1 is 0.294 bits per heavy atom. The van der Waals surface area contributed by atoms with Gasteiger partial charge >= 0.3 is 0 Å². The first-order valence-electron chi connectivity index (χ1n) is 17.1. The maximum Gasteiger partial charge on any atom is 0.164 e. The van der Waals surface area contributed by atoms with Crippen LogP contribution in [0.25, 0.3) is 98.1 Å². The molecule has 2 heterocycles. The third-order valence-corrected chi connectivity index (χ3v) is 10.9. The van der Waals surface area contributed by atoms with Gasteiger partial charge < -0.3 is 0 Å². The van der Waals surface area contributed by atoms with Crippen molar-refractivity contribution in [2.45, 2.75) is 0 Å². The summed E-state index contributed by atoms with van der Waals surface area (Å²) < 4.78 is 2.58. The fourth-order valence-corrected chi connectivity index (χ4v) is 8.29. The number of fused-ring (bicyclic) bond motifs is 6. The number of nitrogens with zero attached hydrogens (tertiary/aromatic N) is 3. The van der Waals surface area contributed by atoms with Crippen molar-refractivity contribution in [3.05, 3.63) is 176 Å². The summed E-state index contributed by atoms with van der Waals surface area (Å²) in [5.41, 5.74) is 7.73. The number of hydrogen-bond donors (Lipinski definition) is 0. The average molecular weight is 668 g/mol. The summed E-state index contributed by atoms with van der Waals surface area (Å²) in [6.07, 6.45) is 0. The first kappa shape index (κ1) is 29.4. The number of hydrogen-bond acceptors (Lipinski definition) is 4. The molecule has 0 aliphatic carbocycles. The van der Waals surface area contributed by atoms with Crippen LogP contribution in [0.1, 0.15) is 0 Å². The molecular weight excluding hydrogens is 639 g/mol. The lowest BCUT2D eigenvalue weighted by Crippen LogP contribution is -2.00. The summed E-state index contributed by atoms with van der Waals surface area (Å²) >= 11 is 1.85. The average Bonchev–Trinajstić information content (AvgIpc) is 3.58. The maximum absolute atomic E-state index is 4.91. The maximum atomic E-state index is 4.91. The topological polar surface area (TPSA) is 38.7 Å². The fraction of sp³-hybridized carbons (Fsp3) is 0. The summed E-state index contributed by atoms with van der Waals surface area (Å²) in [6, 6.07) is 62.3. The first-order chi connectivity index (χ1) is 25.2. The summed E-state index contributed by atoms with van der Waals surface area (Å²) in [5.74, 6) is 1.98. The van der Waals surface area contributed by atoms with E-state index in [1.54, 1.807) is 0 Å². The monoisotopic (exact) mass is 667 g/mol. The van der Waals surface area contributed by atoms with E-state index < -0.39 is 0 Å². The van der Waals surface area contributed by atoms with Gasteiger partial charge in [-0.15, -0.1) is 11.3 Å². The van der Waals surface area contributed by atoms with Crippen LogP contribution in [0, 0.1) is 0 Å². The van der Waals surface area contributed by atoms with Gasteiger partial charge in [0, 0.05) is 36.9 Å². The standard InChI is InChI=1S/C47H29N3S/c1-3-11-31(12-4-1)45-48-46(32-13-5-2-6-14-32)50-47(49-45)33-21-19-30(20-22-33)34-23-25-40-42-28-36(24-26-43(42)51-44(40)29-34)41-27-35-15-7-8-16-37(35)38-17-9-10-18-39(38)41/h1-29H. The van der Waals surface area contributed by atoms with Crippen molar-refractivity contribution in [3.8, 4) is 56.4 Å². The van der Waals surface area contributed by atoms with Crippen LogP contribution in [0.5, 0.6) is 0 Å². The van der Waals surface area contributed by atoms with Gasteiger partial charge in [0.1, 0.15) is 0 Å². The Hall–Kier alpha value is -6.49. The molecule has 4 heteroatoms. The fourth-order valence-electron chi connectivity index (χ4n) is 7.17. The SMILES string of the molecule is c1ccc(-c2nc(-c3ccccc3)nc(-c3ccc(-c4ccc5c(c4)sc4ccc(-c6cc7ccccc7c7ccccc67)cc45)cc3)n2)cc1. The molecule has 2 aromatic heterocycles. The second-order valence-corrected chi connectivity index (χ2v) is 13.9. The molecular formula is C47H29N3S. The van der Waals surface area contributed by atoms with Crippen molar-refractivity contribution in [2.24, 2.45) is 0 Å². The van der Waals surface area contributed by atoms with Gasteiger partial charge in [-0.2, -0.15) is 0 Å². The molecule has 3 nitrogen and oxygen atoms in total. The molecule has 0 spiro atoms. The zero-order valence-corrected chi connectivity index (χ0v) is 28.3. The van der Waals surface area contributed by atoms with Crippen LogP contribution < -0.4 is 0 Å². The largest absolute Gasteiger partial charge is 0.208 e. The Bertz CT molecular complexity index is 2840. The zero-order valence-electron chi connectivity index (χ0n) is 27.5. The minimum atomic E-state index is 0.657. The van der Waals surface area contributed by atoms with Crippen LogP contribution in [-0.4, -0.2) is 15.0 Å². The number of aromatic nitrogens is 3. The predicted molar refractivity (Wildman–Crippen MR) is 215 cm³/mol. The number of thiophene rings is 1. The zero-order chi connectivity index (χ0) is 33.7. The van der Waals surface area contributed by atoms with E-state index in [2.05, 4.69) is 115 Å². The van der Waals surface area contributed by atoms with Crippen LogP contribution in [0.15, 0.2) is 176 Å². The predicted octanol–water partition coefficient (Wildman–Crippen LogP) is 12.9. The molecule has 10 rings (SSSR count). The molecule has 0 unspecified atom stereocenters. The van der Waals surface area contributed by atoms with Gasteiger partial charge in [-0.05, 0) is 68.1 Å². The van der Waals surface area contributed by atoms with Crippen LogP contribution in [0.4, 0.5) is 0 Å². The summed E-state index contributed by atoms with van der Waals surface area (Å²) in [7, 11) is 0. The Morgan fingerprint density at radius 2 is 0.824 bits per heavy atom. The molecule has 0 N–H and O–H groups in total. The molecule has 0 aliphatic heterocycles. The highest BCUT2D eigenvalue weighted by Gasteiger charge is 2.14. The molecule has 0 fully saturated rings. The molecule has 8 aromatic carbocycles. The number of benzene rings is 8. The van der Waals surface area contributed by atoms with Crippen molar-refractivity contribution in [1.82, 2.24) is 15.0 Å². The van der Waals surface area contributed by atoms with Crippen molar-refractivity contribution in [1.29, 1.82) is 0 Å². The quantitative estimate of drug-likeness (QED) is 0.171. The van der Waals surface area contributed by atoms with E-state index in [1.807, 2.05) is 72.0 Å². The van der Waals surface area contributed by atoms with E-state index >= 15 is 0 Å². The van der Waals surface area contributed by atoms with Gasteiger partial charge in [0.15, 0.2) is 17.5 Å². The molecule has 0 radical (unpaired) electrons. The van der Waals surface area contributed by atoms with Crippen molar-refractivity contribution < 1.29 is 0 Å². The smallest absolute Gasteiger partial charge is 0.164 e. The highest BCUT2D eigenvalue weighted by molar-refractivity contribution is 7.25. The Morgan fingerprint density at radius 3 is 1.51 bits per heavy atom. The van der Waals surface area contributed by atoms with Gasteiger partial charge in [0.2, 0.25) is 0 Å². The van der Waals surface area contributed by atoms with Crippen LogP contribution in [0.2, 0.25) is 0 Å². The lowest BCUT2D eigenvalue weighted by molar-refractivity contribution is 1.07. The van der Waals surface area contributed by atoms with Crippen molar-refractivity contribution in [3.63, 3.8) is 0 Å². The van der Waals surface area contributed by atoms with Gasteiger partial charge in [0.25, 0.3) is 0 Å². The van der Waals surface area contributed by atoms with E-state index in [-0.39, 0.29) is 0 Å². The lowest BCUT2D eigenvalue weighted by Gasteiger charge is -2.11. The summed E-state index contributed by atoms with van der Waals surface area (Å²) in [4.78, 5) is 14.7. The van der Waals surface area contributed by atoms with Gasteiger partial charge in [-0.1, -0.05) is 152 Å². The molecule has 10 aromatic rings. The van der Waals surface area contributed by atoms with Crippen LogP contribution >= 0.6 is 11.3 Å². The second kappa shape index (κ2) is 12.1. The number of rotatable bonds is 5. The molecule has 0 bridgehead atoms. The van der Waals surface area contributed by atoms with E-state index in [0.29, 0.717) is 17.5 Å². The second-order valence-electron chi connectivity index (χ2n) is 12.8. The van der Waals surface area contributed by atoms with E-state index in [9.17, 15) is 0 Å².